The van der Waals surface area contributed by atoms with Gasteiger partial charge in [0, 0.05) is 18.8 Å². The molecule has 0 aliphatic carbocycles. The number of nitrogens with zero attached hydrogens (tertiary/aromatic N) is 1. The molecule has 0 fully saturated rings. The number of ketones is 1. The molecule has 1 rings (SSSR count). The maximum absolute atomic E-state index is 11.0. The molecule has 0 amide bonds. The highest BCUT2D eigenvalue weighted by Crippen LogP contribution is 2.13. The minimum absolute atomic E-state index is 0.0880. The molecule has 10 heavy (non-hydrogen) atoms. The summed E-state index contributed by atoms with van der Waals surface area (Å²) in [5.74, 6) is 1.00. The van der Waals surface area contributed by atoms with Crippen molar-refractivity contribution in [1.29, 1.82) is 0 Å². The van der Waals surface area contributed by atoms with Crippen molar-refractivity contribution >= 4 is 11.6 Å². The van der Waals surface area contributed by atoms with E-state index in [4.69, 9.17) is 5.73 Å². The Balaban J connectivity index is 2.42. The third-order valence-corrected chi connectivity index (χ3v) is 1.77. The van der Waals surface area contributed by atoms with Crippen LogP contribution in [0, 0.1) is 5.92 Å². The molecule has 1 unspecified atom stereocenters. The summed E-state index contributed by atoms with van der Waals surface area (Å²) in [4.78, 5) is 15.0. The van der Waals surface area contributed by atoms with Crippen LogP contribution in [0.1, 0.15) is 19.8 Å². The zero-order valence-corrected chi connectivity index (χ0v) is 6.13. The topological polar surface area (TPSA) is 55.5 Å². The van der Waals surface area contributed by atoms with E-state index in [1.165, 1.54) is 0 Å². The van der Waals surface area contributed by atoms with Crippen molar-refractivity contribution in [2.24, 2.45) is 16.6 Å². The zero-order chi connectivity index (χ0) is 7.56. The summed E-state index contributed by atoms with van der Waals surface area (Å²) in [5, 5.41) is 0. The predicted molar refractivity (Wildman–Crippen MR) is 39.9 cm³/mol. The van der Waals surface area contributed by atoms with Crippen molar-refractivity contribution < 1.29 is 4.79 Å². The van der Waals surface area contributed by atoms with Crippen LogP contribution in [-0.4, -0.2) is 18.2 Å². The van der Waals surface area contributed by atoms with Gasteiger partial charge < -0.3 is 5.73 Å². The number of rotatable bonds is 2. The second-order valence-corrected chi connectivity index (χ2v) is 2.55. The van der Waals surface area contributed by atoms with Crippen molar-refractivity contribution in [2.75, 3.05) is 6.54 Å². The predicted octanol–water partition coefficient (Wildman–Crippen LogP) is 0.343. The van der Waals surface area contributed by atoms with E-state index in [0.29, 0.717) is 25.2 Å². The molecule has 1 aliphatic rings. The lowest BCUT2D eigenvalue weighted by atomic mass is 10.0. The van der Waals surface area contributed by atoms with Crippen molar-refractivity contribution in [3.05, 3.63) is 0 Å². The fourth-order valence-electron chi connectivity index (χ4n) is 1.11. The minimum Gasteiger partial charge on any atom is -0.387 e. The van der Waals surface area contributed by atoms with Crippen LogP contribution in [-0.2, 0) is 4.79 Å². The number of amidine groups is 1. The number of carbonyl (C=O) groups is 1. The number of hydrogen-bond acceptors (Lipinski definition) is 3. The van der Waals surface area contributed by atoms with Gasteiger partial charge in [0.05, 0.1) is 12.4 Å². The van der Waals surface area contributed by atoms with Gasteiger partial charge in [0.25, 0.3) is 0 Å². The molecule has 0 aromatic carbocycles. The first-order valence-corrected chi connectivity index (χ1v) is 3.55. The number of nitrogens with two attached hydrogens (primary N) is 1. The fourth-order valence-corrected chi connectivity index (χ4v) is 1.11. The quantitative estimate of drug-likeness (QED) is 0.601. The van der Waals surface area contributed by atoms with Crippen LogP contribution in [0.3, 0.4) is 0 Å². The first-order valence-electron chi connectivity index (χ1n) is 3.55. The maximum atomic E-state index is 11.0. The van der Waals surface area contributed by atoms with Crippen molar-refractivity contribution in [3.8, 4) is 0 Å². The SMILES string of the molecule is CCC(=O)C1CN=C(N)C1. The number of hydrogen-bond donors (Lipinski definition) is 1. The van der Waals surface area contributed by atoms with Crippen molar-refractivity contribution in [3.63, 3.8) is 0 Å². The van der Waals surface area contributed by atoms with Crippen molar-refractivity contribution in [2.45, 2.75) is 19.8 Å². The Morgan fingerprint density at radius 1 is 1.90 bits per heavy atom. The average molecular weight is 140 g/mol. The van der Waals surface area contributed by atoms with Crippen LogP contribution in [0.2, 0.25) is 0 Å². The average Bonchev–Trinajstić information content (AvgIpc) is 2.34. The van der Waals surface area contributed by atoms with Gasteiger partial charge in [-0.15, -0.1) is 0 Å². The number of Topliss-reactive ketones (excluding diaryl/α,β-unsaturated/α-hetero) is 1. The van der Waals surface area contributed by atoms with E-state index in [0.717, 1.165) is 0 Å². The standard InChI is InChI=1S/C7H12N2O/c1-2-6(10)5-3-7(8)9-4-5/h5H,2-4H2,1H3,(H2,8,9). The van der Waals surface area contributed by atoms with E-state index >= 15 is 0 Å². The molecule has 3 nitrogen and oxygen atoms in total. The van der Waals surface area contributed by atoms with E-state index in [1.54, 1.807) is 0 Å². The van der Waals surface area contributed by atoms with Gasteiger partial charge in [-0.1, -0.05) is 6.92 Å². The molecule has 1 heterocycles. The smallest absolute Gasteiger partial charge is 0.138 e. The van der Waals surface area contributed by atoms with Crippen LogP contribution in [0.25, 0.3) is 0 Å². The van der Waals surface area contributed by atoms with E-state index in [1.807, 2.05) is 6.92 Å². The minimum atomic E-state index is 0.0880. The summed E-state index contributed by atoms with van der Waals surface area (Å²) >= 11 is 0. The molecule has 0 radical (unpaired) electrons. The Morgan fingerprint density at radius 3 is 3.00 bits per heavy atom. The third kappa shape index (κ3) is 1.35. The largest absolute Gasteiger partial charge is 0.387 e. The summed E-state index contributed by atoms with van der Waals surface area (Å²) in [6, 6.07) is 0. The summed E-state index contributed by atoms with van der Waals surface area (Å²) in [5.41, 5.74) is 5.42. The van der Waals surface area contributed by atoms with Gasteiger partial charge in [0.2, 0.25) is 0 Å². The monoisotopic (exact) mass is 140 g/mol. The van der Waals surface area contributed by atoms with E-state index in [-0.39, 0.29) is 11.7 Å². The molecular formula is C7H12N2O. The summed E-state index contributed by atoms with van der Waals surface area (Å²) in [6.45, 7) is 2.48. The summed E-state index contributed by atoms with van der Waals surface area (Å²) in [7, 11) is 0. The molecule has 1 atom stereocenters. The third-order valence-electron chi connectivity index (χ3n) is 1.77. The molecule has 0 saturated heterocycles. The second-order valence-electron chi connectivity index (χ2n) is 2.55. The van der Waals surface area contributed by atoms with Gasteiger partial charge >= 0.3 is 0 Å². The van der Waals surface area contributed by atoms with E-state index in [2.05, 4.69) is 4.99 Å². The normalized spacial score (nSPS) is 24.5. The molecule has 56 valence electrons. The van der Waals surface area contributed by atoms with Gasteiger partial charge in [-0.2, -0.15) is 0 Å². The molecule has 0 saturated carbocycles. The molecule has 0 aromatic heterocycles. The first kappa shape index (κ1) is 7.25. The Labute approximate surface area is 60.3 Å². The van der Waals surface area contributed by atoms with Crippen LogP contribution in [0.15, 0.2) is 4.99 Å². The number of carbonyl (C=O) groups excluding carboxylic acids is 1. The van der Waals surface area contributed by atoms with Crippen LogP contribution < -0.4 is 5.73 Å². The summed E-state index contributed by atoms with van der Waals surface area (Å²) < 4.78 is 0. The molecule has 0 spiro atoms. The highest BCUT2D eigenvalue weighted by molar-refractivity contribution is 5.91. The van der Waals surface area contributed by atoms with Crippen LogP contribution >= 0.6 is 0 Å². The first-order chi connectivity index (χ1) is 4.74. The highest BCUT2D eigenvalue weighted by Gasteiger charge is 2.21. The molecule has 2 N–H and O–H groups in total. The second kappa shape index (κ2) is 2.82. The molecular weight excluding hydrogens is 128 g/mol. The Hall–Kier alpha value is -0.860. The number of aliphatic imine (C=N–C) groups is 1. The highest BCUT2D eigenvalue weighted by atomic mass is 16.1. The molecule has 0 bridgehead atoms. The zero-order valence-electron chi connectivity index (χ0n) is 6.13. The van der Waals surface area contributed by atoms with Gasteiger partial charge in [-0.3, -0.25) is 9.79 Å². The van der Waals surface area contributed by atoms with Crippen LogP contribution in [0.5, 0.6) is 0 Å². The Kier molecular flexibility index (Phi) is 2.04. The molecule has 1 aliphatic heterocycles. The van der Waals surface area contributed by atoms with Crippen LogP contribution in [0.4, 0.5) is 0 Å². The van der Waals surface area contributed by atoms with Crippen molar-refractivity contribution in [1.82, 2.24) is 0 Å². The summed E-state index contributed by atoms with van der Waals surface area (Å²) in [6.07, 6.45) is 1.28. The van der Waals surface area contributed by atoms with Gasteiger partial charge in [0.1, 0.15) is 5.78 Å². The maximum Gasteiger partial charge on any atom is 0.138 e. The fraction of sp³-hybridized carbons (Fsp3) is 0.714. The lowest BCUT2D eigenvalue weighted by molar-refractivity contribution is -0.121. The van der Waals surface area contributed by atoms with E-state index < -0.39 is 0 Å². The molecule has 3 heteroatoms. The van der Waals surface area contributed by atoms with Gasteiger partial charge in [0.15, 0.2) is 0 Å². The Bertz CT molecular complexity index is 174. The Morgan fingerprint density at radius 2 is 2.60 bits per heavy atom. The lowest BCUT2D eigenvalue weighted by Crippen LogP contribution is -2.17. The van der Waals surface area contributed by atoms with Gasteiger partial charge in [-0.25, -0.2) is 0 Å². The van der Waals surface area contributed by atoms with Gasteiger partial charge in [-0.05, 0) is 0 Å². The molecule has 0 aromatic rings. The van der Waals surface area contributed by atoms with E-state index in [9.17, 15) is 4.79 Å². The lowest BCUT2D eigenvalue weighted by Gasteiger charge is -2.02.